The van der Waals surface area contributed by atoms with E-state index in [1.807, 2.05) is 4.90 Å². The number of hydrogen-bond donors (Lipinski definition) is 0. The van der Waals surface area contributed by atoms with Gasteiger partial charge in [0.1, 0.15) is 12.7 Å². The number of amides is 1. The molecular formula is C16H20N4O. The second kappa shape index (κ2) is 6.08. The van der Waals surface area contributed by atoms with Gasteiger partial charge in [-0.2, -0.15) is 5.10 Å². The molecular weight excluding hydrogens is 264 g/mol. The summed E-state index contributed by atoms with van der Waals surface area (Å²) in [7, 11) is 0. The molecule has 1 aliphatic rings. The van der Waals surface area contributed by atoms with Crippen LogP contribution < -0.4 is 0 Å². The lowest BCUT2D eigenvalue weighted by Gasteiger charge is -2.25. The molecule has 2 aromatic rings. The zero-order valence-corrected chi connectivity index (χ0v) is 12.3. The van der Waals surface area contributed by atoms with Crippen LogP contribution >= 0.6 is 0 Å². The van der Waals surface area contributed by atoms with Gasteiger partial charge in [0, 0.05) is 13.0 Å². The van der Waals surface area contributed by atoms with Gasteiger partial charge in [-0.05, 0) is 25.3 Å². The Labute approximate surface area is 124 Å². The van der Waals surface area contributed by atoms with Crippen LogP contribution in [-0.4, -0.2) is 32.1 Å². The standard InChI is InChI=1S/C16H20N4O/c1-13-4-6-14(7-5-13)15-3-2-9-20(15)16(21)8-10-19-12-17-11-18-19/h4-7,11-12,15H,2-3,8-10H2,1H3. The molecule has 1 unspecified atom stereocenters. The third kappa shape index (κ3) is 3.12. The van der Waals surface area contributed by atoms with Crippen LogP contribution in [0.2, 0.25) is 0 Å². The maximum atomic E-state index is 12.5. The Balaban J connectivity index is 1.65. The van der Waals surface area contributed by atoms with Crippen molar-refractivity contribution in [2.45, 2.75) is 38.8 Å². The Morgan fingerprint density at radius 3 is 2.86 bits per heavy atom. The first-order chi connectivity index (χ1) is 10.2. The zero-order valence-electron chi connectivity index (χ0n) is 12.3. The number of aryl methyl sites for hydroxylation is 2. The van der Waals surface area contributed by atoms with E-state index in [-0.39, 0.29) is 11.9 Å². The second-order valence-corrected chi connectivity index (χ2v) is 5.56. The monoisotopic (exact) mass is 284 g/mol. The molecule has 0 spiro atoms. The van der Waals surface area contributed by atoms with Crippen molar-refractivity contribution in [3.63, 3.8) is 0 Å². The Morgan fingerprint density at radius 2 is 2.14 bits per heavy atom. The van der Waals surface area contributed by atoms with Gasteiger partial charge < -0.3 is 4.90 Å². The van der Waals surface area contributed by atoms with Gasteiger partial charge in [-0.1, -0.05) is 29.8 Å². The fraction of sp³-hybridized carbons (Fsp3) is 0.438. The quantitative estimate of drug-likeness (QED) is 0.866. The molecule has 5 nitrogen and oxygen atoms in total. The van der Waals surface area contributed by atoms with Gasteiger partial charge in [-0.15, -0.1) is 0 Å². The van der Waals surface area contributed by atoms with Crippen LogP contribution in [0.3, 0.4) is 0 Å². The Morgan fingerprint density at radius 1 is 1.33 bits per heavy atom. The number of carbonyl (C=O) groups is 1. The Kier molecular flexibility index (Phi) is 3.99. The van der Waals surface area contributed by atoms with Gasteiger partial charge in [-0.3, -0.25) is 9.48 Å². The summed E-state index contributed by atoms with van der Waals surface area (Å²) in [5.74, 6) is 0.202. The van der Waals surface area contributed by atoms with Gasteiger partial charge >= 0.3 is 0 Å². The van der Waals surface area contributed by atoms with Crippen LogP contribution in [0.4, 0.5) is 0 Å². The highest BCUT2D eigenvalue weighted by Gasteiger charge is 2.29. The van der Waals surface area contributed by atoms with Crippen molar-refractivity contribution >= 4 is 5.91 Å². The highest BCUT2D eigenvalue weighted by atomic mass is 16.2. The van der Waals surface area contributed by atoms with Crippen molar-refractivity contribution in [3.05, 3.63) is 48.0 Å². The van der Waals surface area contributed by atoms with Crippen LogP contribution in [0.1, 0.15) is 36.4 Å². The fourth-order valence-electron chi connectivity index (χ4n) is 2.90. The van der Waals surface area contributed by atoms with Crippen molar-refractivity contribution < 1.29 is 4.79 Å². The van der Waals surface area contributed by atoms with E-state index >= 15 is 0 Å². The molecule has 3 rings (SSSR count). The first-order valence-corrected chi connectivity index (χ1v) is 7.42. The SMILES string of the molecule is Cc1ccc(C2CCCN2C(=O)CCn2cncn2)cc1. The van der Waals surface area contributed by atoms with Gasteiger partial charge in [0.2, 0.25) is 5.91 Å². The molecule has 0 saturated carbocycles. The molecule has 1 aromatic heterocycles. The number of rotatable bonds is 4. The average Bonchev–Trinajstić information content (AvgIpc) is 3.17. The van der Waals surface area contributed by atoms with Crippen molar-refractivity contribution in [2.24, 2.45) is 0 Å². The summed E-state index contributed by atoms with van der Waals surface area (Å²) in [6.07, 6.45) is 5.75. The van der Waals surface area contributed by atoms with Crippen molar-refractivity contribution in [3.8, 4) is 0 Å². The maximum absolute atomic E-state index is 12.5. The second-order valence-electron chi connectivity index (χ2n) is 5.56. The minimum Gasteiger partial charge on any atom is -0.336 e. The molecule has 1 aliphatic heterocycles. The smallest absolute Gasteiger partial charge is 0.224 e. The highest BCUT2D eigenvalue weighted by molar-refractivity contribution is 5.77. The van der Waals surface area contributed by atoms with E-state index in [1.165, 1.54) is 17.5 Å². The molecule has 1 saturated heterocycles. The number of aromatic nitrogens is 3. The van der Waals surface area contributed by atoms with Crippen LogP contribution in [0.15, 0.2) is 36.9 Å². The van der Waals surface area contributed by atoms with E-state index in [1.54, 1.807) is 11.0 Å². The number of benzene rings is 1. The van der Waals surface area contributed by atoms with E-state index in [9.17, 15) is 4.79 Å². The first-order valence-electron chi connectivity index (χ1n) is 7.42. The maximum Gasteiger partial charge on any atom is 0.224 e. The molecule has 0 N–H and O–H groups in total. The van der Waals surface area contributed by atoms with Gasteiger partial charge in [0.05, 0.1) is 12.6 Å². The summed E-state index contributed by atoms with van der Waals surface area (Å²) in [5.41, 5.74) is 2.49. The molecule has 1 atom stereocenters. The average molecular weight is 284 g/mol. The predicted molar refractivity (Wildman–Crippen MR) is 79.5 cm³/mol. The minimum absolute atomic E-state index is 0.202. The largest absolute Gasteiger partial charge is 0.336 e. The van der Waals surface area contributed by atoms with Gasteiger partial charge in [-0.25, -0.2) is 4.98 Å². The van der Waals surface area contributed by atoms with Crippen molar-refractivity contribution in [1.29, 1.82) is 0 Å². The van der Waals surface area contributed by atoms with E-state index < -0.39 is 0 Å². The summed E-state index contributed by atoms with van der Waals surface area (Å²) in [6.45, 7) is 3.53. The molecule has 5 heteroatoms. The van der Waals surface area contributed by atoms with E-state index in [2.05, 4.69) is 41.3 Å². The van der Waals surface area contributed by atoms with Crippen molar-refractivity contribution in [2.75, 3.05) is 6.54 Å². The third-order valence-corrected chi connectivity index (χ3v) is 4.06. The molecule has 1 fully saturated rings. The van der Waals surface area contributed by atoms with E-state index in [0.717, 1.165) is 19.4 Å². The summed E-state index contributed by atoms with van der Waals surface area (Å²) in [4.78, 5) is 18.4. The molecule has 21 heavy (non-hydrogen) atoms. The lowest BCUT2D eigenvalue weighted by atomic mass is 10.0. The van der Waals surface area contributed by atoms with Crippen LogP contribution in [0.5, 0.6) is 0 Å². The summed E-state index contributed by atoms with van der Waals surface area (Å²) < 4.78 is 1.70. The van der Waals surface area contributed by atoms with Crippen LogP contribution in [0, 0.1) is 6.92 Å². The predicted octanol–water partition coefficient (Wildman–Crippen LogP) is 2.34. The Hall–Kier alpha value is -2.17. The fourth-order valence-corrected chi connectivity index (χ4v) is 2.90. The lowest BCUT2D eigenvalue weighted by Crippen LogP contribution is -2.31. The normalized spacial score (nSPS) is 18.1. The Bertz CT molecular complexity index is 591. The summed E-state index contributed by atoms with van der Waals surface area (Å²) >= 11 is 0. The molecule has 0 radical (unpaired) electrons. The molecule has 2 heterocycles. The first kappa shape index (κ1) is 13.8. The minimum atomic E-state index is 0.202. The molecule has 110 valence electrons. The van der Waals surface area contributed by atoms with E-state index in [4.69, 9.17) is 0 Å². The lowest BCUT2D eigenvalue weighted by molar-refractivity contribution is -0.132. The van der Waals surface area contributed by atoms with Crippen LogP contribution in [-0.2, 0) is 11.3 Å². The molecule has 0 bridgehead atoms. The molecule has 0 aliphatic carbocycles. The number of likely N-dealkylation sites (tertiary alicyclic amines) is 1. The molecule has 1 aromatic carbocycles. The highest BCUT2D eigenvalue weighted by Crippen LogP contribution is 2.32. The van der Waals surface area contributed by atoms with Gasteiger partial charge in [0.15, 0.2) is 0 Å². The molecule has 1 amide bonds. The number of hydrogen-bond acceptors (Lipinski definition) is 3. The van der Waals surface area contributed by atoms with Gasteiger partial charge in [0.25, 0.3) is 0 Å². The van der Waals surface area contributed by atoms with Crippen molar-refractivity contribution in [1.82, 2.24) is 19.7 Å². The van der Waals surface area contributed by atoms with E-state index in [0.29, 0.717) is 13.0 Å². The van der Waals surface area contributed by atoms with Crippen LogP contribution in [0.25, 0.3) is 0 Å². The topological polar surface area (TPSA) is 51.0 Å². The summed E-state index contributed by atoms with van der Waals surface area (Å²) in [6, 6.07) is 8.75. The number of nitrogens with zero attached hydrogens (tertiary/aromatic N) is 4. The third-order valence-electron chi connectivity index (χ3n) is 4.06. The number of carbonyl (C=O) groups excluding carboxylic acids is 1. The summed E-state index contributed by atoms with van der Waals surface area (Å²) in [5, 5.41) is 4.04. The zero-order chi connectivity index (χ0) is 14.7.